The molecule has 0 heterocycles. The van der Waals surface area contributed by atoms with E-state index in [1.807, 2.05) is 0 Å². The minimum atomic E-state index is -3.90. The van der Waals surface area contributed by atoms with Crippen molar-refractivity contribution in [2.24, 2.45) is 0 Å². The predicted molar refractivity (Wildman–Crippen MR) is 51.1 cm³/mol. The molecule has 0 saturated carbocycles. The van der Waals surface area contributed by atoms with E-state index < -0.39 is 23.9 Å². The molecule has 0 aromatic rings. The third-order valence-electron chi connectivity index (χ3n) is 0.450. The summed E-state index contributed by atoms with van der Waals surface area (Å²) in [6.07, 6.45) is 0. The number of hydrogen-bond donors (Lipinski definition) is 8. The van der Waals surface area contributed by atoms with E-state index in [-0.39, 0.29) is 23.9 Å². The Morgan fingerprint density at radius 1 is 0.706 bits per heavy atom. The summed E-state index contributed by atoms with van der Waals surface area (Å²) in [5.41, 5.74) is 0. The molecule has 0 aliphatic rings. The Hall–Kier alpha value is -0.501. The van der Waals surface area contributed by atoms with Crippen molar-refractivity contribution in [1.29, 1.82) is 0 Å². The third kappa shape index (κ3) is 39.1. The molecule has 0 fully saturated rings. The normalized spacial score (nSPS) is 9.65. The first-order valence-corrected chi connectivity index (χ1v) is 3.45. The Labute approximate surface area is 112 Å². The first-order valence-electron chi connectivity index (χ1n) is 3.45. The zero-order valence-corrected chi connectivity index (χ0v) is 11.7. The van der Waals surface area contributed by atoms with E-state index in [2.05, 4.69) is 0 Å². The molecule has 0 atom stereocenters. The zero-order valence-electron chi connectivity index (χ0n) is 8.89. The topological polar surface area (TPSA) is 196 Å². The van der Waals surface area contributed by atoms with E-state index >= 15 is 0 Å². The van der Waals surface area contributed by atoms with Gasteiger partial charge in [0, 0.05) is 37.8 Å². The SMILES string of the molecule is CC(=O)O.CC(=O)O.OC(O)(O)C(O)(O)O.[Sn]. The fraction of sp³-hybridized carbons (Fsp3) is 0.667. The van der Waals surface area contributed by atoms with Gasteiger partial charge >= 0.3 is 11.9 Å². The van der Waals surface area contributed by atoms with Crippen LogP contribution in [0.2, 0.25) is 0 Å². The Kier molecular flexibility index (Phi) is 15.9. The molecule has 0 rings (SSSR count). The Morgan fingerprint density at radius 2 is 0.765 bits per heavy atom. The number of carboxylic acid groups (broad SMARTS) is 2. The quantitative estimate of drug-likeness (QED) is 0.168. The molecule has 17 heavy (non-hydrogen) atoms. The van der Waals surface area contributed by atoms with Gasteiger partial charge in [-0.1, -0.05) is 0 Å². The first kappa shape index (κ1) is 25.4. The van der Waals surface area contributed by atoms with Crippen LogP contribution in [0.25, 0.3) is 0 Å². The van der Waals surface area contributed by atoms with Crippen molar-refractivity contribution in [3.8, 4) is 0 Å². The summed E-state index contributed by atoms with van der Waals surface area (Å²) in [5, 5.41) is 61.1. The molecule has 8 N–H and O–H groups in total. The van der Waals surface area contributed by atoms with Crippen molar-refractivity contribution in [3.63, 3.8) is 0 Å². The molecule has 10 nitrogen and oxygen atoms in total. The van der Waals surface area contributed by atoms with Crippen LogP contribution in [0.5, 0.6) is 0 Å². The van der Waals surface area contributed by atoms with Crippen molar-refractivity contribution in [1.82, 2.24) is 0 Å². The van der Waals surface area contributed by atoms with Crippen LogP contribution >= 0.6 is 0 Å². The van der Waals surface area contributed by atoms with Crippen LogP contribution in [0.4, 0.5) is 0 Å². The van der Waals surface area contributed by atoms with E-state index in [1.54, 1.807) is 0 Å². The van der Waals surface area contributed by atoms with Crippen LogP contribution in [0.15, 0.2) is 0 Å². The Morgan fingerprint density at radius 3 is 0.765 bits per heavy atom. The number of aliphatic hydroxyl groups is 6. The van der Waals surface area contributed by atoms with Gasteiger partial charge in [-0.15, -0.1) is 0 Å². The molecule has 0 unspecified atom stereocenters. The second kappa shape index (κ2) is 10.6. The van der Waals surface area contributed by atoms with E-state index in [1.165, 1.54) is 0 Å². The van der Waals surface area contributed by atoms with Crippen LogP contribution in [0.3, 0.4) is 0 Å². The van der Waals surface area contributed by atoms with Gasteiger partial charge in [-0.3, -0.25) is 9.59 Å². The first-order chi connectivity index (χ1) is 6.71. The average Bonchev–Trinajstić information content (AvgIpc) is 1.76. The summed E-state index contributed by atoms with van der Waals surface area (Å²) in [6, 6.07) is 0. The van der Waals surface area contributed by atoms with Crippen LogP contribution < -0.4 is 0 Å². The zero-order chi connectivity index (χ0) is 14.2. The maximum absolute atomic E-state index is 9.00. The van der Waals surface area contributed by atoms with E-state index in [0.717, 1.165) is 13.8 Å². The van der Waals surface area contributed by atoms with Gasteiger partial charge in [0.25, 0.3) is 11.9 Å². The summed E-state index contributed by atoms with van der Waals surface area (Å²) in [4.78, 5) is 18.0. The molecule has 0 spiro atoms. The van der Waals surface area contributed by atoms with Crippen molar-refractivity contribution in [3.05, 3.63) is 0 Å². The largest absolute Gasteiger partial charge is 0.481 e. The summed E-state index contributed by atoms with van der Waals surface area (Å²) < 4.78 is 0. The number of aliphatic carboxylic acids is 2. The minimum absolute atomic E-state index is 0. The van der Waals surface area contributed by atoms with Gasteiger partial charge in [-0.2, -0.15) is 0 Å². The summed E-state index contributed by atoms with van der Waals surface area (Å²) in [5.74, 6) is -9.46. The van der Waals surface area contributed by atoms with Crippen LogP contribution in [-0.4, -0.2) is 88.6 Å². The van der Waals surface area contributed by atoms with Crippen molar-refractivity contribution in [2.75, 3.05) is 0 Å². The monoisotopic (exact) mass is 366 g/mol. The Balaban J connectivity index is -0.0000000806. The fourth-order valence-corrected chi connectivity index (χ4v) is 0. The van der Waals surface area contributed by atoms with Gasteiger partial charge < -0.3 is 40.9 Å². The number of hydrogen-bond acceptors (Lipinski definition) is 8. The van der Waals surface area contributed by atoms with Crippen molar-refractivity contribution >= 4 is 35.8 Å². The average molecular weight is 365 g/mol. The molecule has 0 aliphatic heterocycles. The van der Waals surface area contributed by atoms with Gasteiger partial charge in [0.15, 0.2) is 0 Å². The fourth-order valence-electron chi connectivity index (χ4n) is 0. The third-order valence-corrected chi connectivity index (χ3v) is 0.450. The molecular formula is C6H14O10Sn. The molecule has 4 radical (unpaired) electrons. The van der Waals surface area contributed by atoms with E-state index in [4.69, 9.17) is 50.4 Å². The minimum Gasteiger partial charge on any atom is -0.481 e. The van der Waals surface area contributed by atoms with Gasteiger partial charge in [0.05, 0.1) is 0 Å². The molecule has 0 saturated heterocycles. The molecular weight excluding hydrogens is 351 g/mol. The summed E-state index contributed by atoms with van der Waals surface area (Å²) >= 11 is 0. The van der Waals surface area contributed by atoms with Crippen molar-refractivity contribution in [2.45, 2.75) is 25.8 Å². The molecule has 0 aromatic carbocycles. The van der Waals surface area contributed by atoms with Crippen LogP contribution in [0, 0.1) is 0 Å². The van der Waals surface area contributed by atoms with Gasteiger partial charge in [0.2, 0.25) is 0 Å². The second-order valence-electron chi connectivity index (χ2n) is 2.31. The smallest absolute Gasteiger partial charge is 0.362 e. The number of carboxylic acids is 2. The standard InChI is InChI=1S/C2H6O6.2C2H4O2.Sn/c3-1(4,5)2(6,7)8;2*1-2(3)4;/h3-8H;2*1H3,(H,3,4);. The number of rotatable bonds is 1. The summed E-state index contributed by atoms with van der Waals surface area (Å²) in [7, 11) is 0. The maximum Gasteiger partial charge on any atom is 0.362 e. The molecule has 0 bridgehead atoms. The van der Waals surface area contributed by atoms with E-state index in [0.29, 0.717) is 0 Å². The van der Waals surface area contributed by atoms with Gasteiger partial charge in [0.1, 0.15) is 0 Å². The molecule has 102 valence electrons. The number of carbonyl (C=O) groups is 2. The van der Waals surface area contributed by atoms with E-state index in [9.17, 15) is 0 Å². The summed E-state index contributed by atoms with van der Waals surface area (Å²) in [6.45, 7) is 2.17. The van der Waals surface area contributed by atoms with Crippen LogP contribution in [0.1, 0.15) is 13.8 Å². The molecule has 11 heteroatoms. The Bertz CT molecular complexity index is 182. The van der Waals surface area contributed by atoms with Crippen LogP contribution in [-0.2, 0) is 9.59 Å². The van der Waals surface area contributed by atoms with Crippen molar-refractivity contribution < 1.29 is 50.4 Å². The molecule has 0 amide bonds. The van der Waals surface area contributed by atoms with Gasteiger partial charge in [-0.05, 0) is 0 Å². The molecule has 0 aromatic heterocycles. The molecule has 0 aliphatic carbocycles. The predicted octanol–water partition coefficient (Wildman–Crippen LogP) is -3.95. The maximum atomic E-state index is 9.00. The second-order valence-corrected chi connectivity index (χ2v) is 2.31. The van der Waals surface area contributed by atoms with Gasteiger partial charge in [-0.25, -0.2) is 0 Å².